The van der Waals surface area contributed by atoms with Crippen LogP contribution in [0.2, 0.25) is 0 Å². The summed E-state index contributed by atoms with van der Waals surface area (Å²) in [6.45, 7) is 1.06. The van der Waals surface area contributed by atoms with E-state index in [1.165, 1.54) is 12.1 Å². The predicted molar refractivity (Wildman–Crippen MR) is 86.1 cm³/mol. The first-order valence-electron chi connectivity index (χ1n) is 7.23. The number of nitrogens with one attached hydrogen (secondary N) is 2. The van der Waals surface area contributed by atoms with Crippen molar-refractivity contribution in [1.29, 1.82) is 0 Å². The van der Waals surface area contributed by atoms with E-state index in [-0.39, 0.29) is 11.9 Å². The predicted octanol–water partition coefficient (Wildman–Crippen LogP) is 3.03. The first kappa shape index (κ1) is 15.6. The molecule has 1 aromatic heterocycles. The minimum absolute atomic E-state index is 0.110. The number of carbonyl (C=O) groups is 1. The summed E-state index contributed by atoms with van der Waals surface area (Å²) < 4.78 is 27.2. The Hall–Kier alpha value is -2.28. The lowest BCUT2D eigenvalue weighted by atomic mass is 10.2. The van der Waals surface area contributed by atoms with Crippen LogP contribution in [0.25, 0.3) is 0 Å². The lowest BCUT2D eigenvalue weighted by molar-refractivity contribution is 0.0939. The monoisotopic (exact) mass is 335 g/mol. The number of amides is 1. The highest BCUT2D eigenvalue weighted by atomic mass is 32.1. The molecule has 1 fully saturated rings. The summed E-state index contributed by atoms with van der Waals surface area (Å²) in [4.78, 5) is 16.8. The number of anilines is 1. The van der Waals surface area contributed by atoms with Crippen LogP contribution in [-0.2, 0) is 0 Å². The number of hydrogen-bond donors (Lipinski definition) is 2. The summed E-state index contributed by atoms with van der Waals surface area (Å²) in [5.41, 5.74) is 0.758. The molecule has 0 spiro atoms. The summed E-state index contributed by atoms with van der Waals surface area (Å²) in [7, 11) is 0. The smallest absolute Gasteiger partial charge is 0.254 e. The standard InChI is InChI=1S/C16H15F2N3OS/c17-10-3-4-14(13(18)8-10)21-7-5-11(9-21)20-15(22)12-2-1-6-19-16(12)23/h1-4,6,8,11H,5,7,9H2,(H,19,23)(H,20,22)/t11-/m0/s1. The number of pyridine rings is 1. The van der Waals surface area contributed by atoms with Crippen molar-refractivity contribution in [3.05, 3.63) is 58.4 Å². The van der Waals surface area contributed by atoms with E-state index in [4.69, 9.17) is 12.2 Å². The molecular formula is C16H15F2N3OS. The molecule has 2 aromatic rings. The molecule has 3 rings (SSSR count). The van der Waals surface area contributed by atoms with Crippen LogP contribution in [0.3, 0.4) is 0 Å². The van der Waals surface area contributed by atoms with Crippen LogP contribution in [0.5, 0.6) is 0 Å². The van der Waals surface area contributed by atoms with Crippen molar-refractivity contribution in [2.45, 2.75) is 12.5 Å². The molecule has 120 valence electrons. The molecule has 1 saturated heterocycles. The van der Waals surface area contributed by atoms with Crippen molar-refractivity contribution in [2.24, 2.45) is 0 Å². The number of aromatic nitrogens is 1. The number of benzene rings is 1. The van der Waals surface area contributed by atoms with E-state index in [1.807, 2.05) is 0 Å². The SMILES string of the molecule is O=C(N[C@H]1CCN(c2ccc(F)cc2F)C1)c1ccc[nH]c1=S. The van der Waals surface area contributed by atoms with E-state index in [9.17, 15) is 13.6 Å². The van der Waals surface area contributed by atoms with Gasteiger partial charge in [-0.25, -0.2) is 8.78 Å². The molecule has 2 heterocycles. The third-order valence-corrected chi connectivity index (χ3v) is 4.17. The molecule has 2 N–H and O–H groups in total. The molecule has 0 bridgehead atoms. The Morgan fingerprint density at radius 1 is 1.35 bits per heavy atom. The summed E-state index contributed by atoms with van der Waals surface area (Å²) in [5, 5.41) is 2.90. The van der Waals surface area contributed by atoms with Gasteiger partial charge >= 0.3 is 0 Å². The number of halogens is 2. The van der Waals surface area contributed by atoms with Crippen molar-refractivity contribution in [2.75, 3.05) is 18.0 Å². The van der Waals surface area contributed by atoms with Crippen LogP contribution in [0.15, 0.2) is 36.5 Å². The summed E-state index contributed by atoms with van der Waals surface area (Å²) in [6.07, 6.45) is 2.35. The molecule has 0 radical (unpaired) electrons. The van der Waals surface area contributed by atoms with Crippen molar-refractivity contribution in [3.63, 3.8) is 0 Å². The fraction of sp³-hybridized carbons (Fsp3) is 0.250. The molecule has 1 aliphatic rings. The van der Waals surface area contributed by atoms with Crippen LogP contribution in [0.1, 0.15) is 16.8 Å². The van der Waals surface area contributed by atoms with E-state index in [0.29, 0.717) is 35.4 Å². The van der Waals surface area contributed by atoms with Crippen molar-refractivity contribution < 1.29 is 13.6 Å². The van der Waals surface area contributed by atoms with Gasteiger partial charge in [0, 0.05) is 31.4 Å². The van der Waals surface area contributed by atoms with Gasteiger partial charge in [-0.05, 0) is 30.7 Å². The van der Waals surface area contributed by atoms with Gasteiger partial charge in [0.15, 0.2) is 0 Å². The van der Waals surface area contributed by atoms with Crippen LogP contribution in [0, 0.1) is 16.3 Å². The molecule has 0 saturated carbocycles. The van der Waals surface area contributed by atoms with Gasteiger partial charge in [-0.1, -0.05) is 12.2 Å². The average molecular weight is 335 g/mol. The Bertz CT molecular complexity index is 793. The zero-order valence-electron chi connectivity index (χ0n) is 12.2. The van der Waals surface area contributed by atoms with E-state index in [2.05, 4.69) is 10.3 Å². The third kappa shape index (κ3) is 3.39. The number of rotatable bonds is 3. The molecular weight excluding hydrogens is 320 g/mol. The zero-order chi connectivity index (χ0) is 16.4. The summed E-state index contributed by atoms with van der Waals surface area (Å²) >= 11 is 5.09. The van der Waals surface area contributed by atoms with Crippen molar-refractivity contribution >= 4 is 23.8 Å². The second-order valence-electron chi connectivity index (χ2n) is 5.41. The minimum Gasteiger partial charge on any atom is -0.367 e. The molecule has 0 aliphatic carbocycles. The maximum absolute atomic E-state index is 13.8. The second kappa shape index (κ2) is 6.45. The van der Waals surface area contributed by atoms with E-state index >= 15 is 0 Å². The third-order valence-electron chi connectivity index (χ3n) is 3.84. The zero-order valence-corrected chi connectivity index (χ0v) is 13.0. The van der Waals surface area contributed by atoms with Gasteiger partial charge in [0.1, 0.15) is 16.3 Å². The Labute approximate surface area is 137 Å². The van der Waals surface area contributed by atoms with Gasteiger partial charge in [-0.2, -0.15) is 0 Å². The lowest BCUT2D eigenvalue weighted by Gasteiger charge is -2.19. The molecule has 1 atom stereocenters. The van der Waals surface area contributed by atoms with E-state index in [0.717, 1.165) is 6.07 Å². The van der Waals surface area contributed by atoms with Gasteiger partial charge < -0.3 is 15.2 Å². The average Bonchev–Trinajstić information content (AvgIpc) is 2.95. The Balaban J connectivity index is 1.67. The number of H-pyrrole nitrogens is 1. The fourth-order valence-electron chi connectivity index (χ4n) is 2.70. The fourth-order valence-corrected chi connectivity index (χ4v) is 2.93. The van der Waals surface area contributed by atoms with Gasteiger partial charge in [0.25, 0.3) is 5.91 Å². The highest BCUT2D eigenvalue weighted by Crippen LogP contribution is 2.24. The number of nitrogens with zero attached hydrogens (tertiary/aromatic N) is 1. The number of hydrogen-bond acceptors (Lipinski definition) is 3. The summed E-state index contributed by atoms with van der Waals surface area (Å²) in [5.74, 6) is -1.45. The van der Waals surface area contributed by atoms with Gasteiger partial charge in [-0.15, -0.1) is 0 Å². The number of carbonyl (C=O) groups excluding carboxylic acids is 1. The first-order valence-corrected chi connectivity index (χ1v) is 7.64. The van der Waals surface area contributed by atoms with Gasteiger partial charge in [0.2, 0.25) is 0 Å². The molecule has 23 heavy (non-hydrogen) atoms. The van der Waals surface area contributed by atoms with Crippen molar-refractivity contribution in [1.82, 2.24) is 10.3 Å². The minimum atomic E-state index is -0.603. The lowest BCUT2D eigenvalue weighted by Crippen LogP contribution is -2.37. The highest BCUT2D eigenvalue weighted by Gasteiger charge is 2.26. The Morgan fingerprint density at radius 2 is 2.17 bits per heavy atom. The van der Waals surface area contributed by atoms with Crippen molar-refractivity contribution in [3.8, 4) is 0 Å². The Morgan fingerprint density at radius 3 is 2.91 bits per heavy atom. The van der Waals surface area contributed by atoms with Crippen LogP contribution >= 0.6 is 12.2 Å². The van der Waals surface area contributed by atoms with E-state index in [1.54, 1.807) is 23.2 Å². The van der Waals surface area contributed by atoms with Gasteiger partial charge in [0.05, 0.1) is 11.3 Å². The molecule has 1 aliphatic heterocycles. The topological polar surface area (TPSA) is 48.1 Å². The quantitative estimate of drug-likeness (QED) is 0.848. The maximum Gasteiger partial charge on any atom is 0.254 e. The second-order valence-corrected chi connectivity index (χ2v) is 5.82. The van der Waals surface area contributed by atoms with Crippen LogP contribution < -0.4 is 10.2 Å². The molecule has 4 nitrogen and oxygen atoms in total. The maximum atomic E-state index is 13.8. The normalized spacial score (nSPS) is 17.3. The van der Waals surface area contributed by atoms with E-state index < -0.39 is 11.6 Å². The molecule has 1 amide bonds. The summed E-state index contributed by atoms with van der Waals surface area (Å²) in [6, 6.07) is 6.77. The molecule has 1 aromatic carbocycles. The van der Waals surface area contributed by atoms with Crippen LogP contribution in [0.4, 0.5) is 14.5 Å². The molecule has 0 unspecified atom stereocenters. The highest BCUT2D eigenvalue weighted by molar-refractivity contribution is 7.71. The van der Waals surface area contributed by atoms with Gasteiger partial charge in [-0.3, -0.25) is 4.79 Å². The molecule has 7 heteroatoms. The number of aromatic amines is 1. The van der Waals surface area contributed by atoms with Crippen LogP contribution in [-0.4, -0.2) is 30.0 Å². The largest absolute Gasteiger partial charge is 0.367 e. The first-order chi connectivity index (χ1) is 11.0. The Kier molecular flexibility index (Phi) is 4.38.